The van der Waals surface area contributed by atoms with Gasteiger partial charge >= 0.3 is 0 Å². The summed E-state index contributed by atoms with van der Waals surface area (Å²) in [7, 11) is 0. The van der Waals surface area contributed by atoms with E-state index in [1.807, 2.05) is 42.5 Å². The Morgan fingerprint density at radius 2 is 1.43 bits per heavy atom. The molecule has 0 radical (unpaired) electrons. The van der Waals surface area contributed by atoms with Crippen molar-refractivity contribution in [2.75, 3.05) is 0 Å². The van der Waals surface area contributed by atoms with E-state index in [-0.39, 0.29) is 5.91 Å². The summed E-state index contributed by atoms with van der Waals surface area (Å²) in [5, 5.41) is 0.701. The van der Waals surface area contributed by atoms with Crippen LogP contribution in [0.4, 0.5) is 0 Å². The number of nitrogens with one attached hydrogen (secondary N) is 2. The number of rotatable bonds is 3. The maximum atomic E-state index is 12.8. The average molecular weight is 368 g/mol. The van der Waals surface area contributed by atoms with Crippen molar-refractivity contribution >= 4 is 22.7 Å². The van der Waals surface area contributed by atoms with E-state index in [0.29, 0.717) is 27.7 Å². The molecule has 4 rings (SSSR count). The second kappa shape index (κ2) is 7.67. The van der Waals surface area contributed by atoms with E-state index >= 15 is 0 Å². The lowest BCUT2D eigenvalue weighted by molar-refractivity contribution is 0.0847. The summed E-state index contributed by atoms with van der Waals surface area (Å²) in [6.07, 6.45) is 3.35. The van der Waals surface area contributed by atoms with E-state index in [2.05, 4.69) is 20.8 Å². The highest BCUT2D eigenvalue weighted by atomic mass is 16.2. The van der Waals surface area contributed by atoms with Crippen LogP contribution < -0.4 is 10.9 Å². The molecule has 0 aliphatic carbocycles. The van der Waals surface area contributed by atoms with Gasteiger partial charge in [-0.05, 0) is 36.4 Å². The van der Waals surface area contributed by atoms with Gasteiger partial charge in [0.2, 0.25) is 0 Å². The van der Waals surface area contributed by atoms with Crippen molar-refractivity contribution in [3.63, 3.8) is 0 Å². The molecular formula is C22H16N4O2. The molecule has 0 unspecified atom stereocenters. The fraction of sp³-hybridized carbons (Fsp3) is 0. The molecule has 2 aromatic carbocycles. The van der Waals surface area contributed by atoms with Gasteiger partial charge in [0.05, 0.1) is 16.8 Å². The first-order chi connectivity index (χ1) is 13.7. The highest BCUT2D eigenvalue weighted by molar-refractivity contribution is 6.08. The topological polar surface area (TPSA) is 84.0 Å². The third kappa shape index (κ3) is 3.57. The fourth-order valence-corrected chi connectivity index (χ4v) is 2.88. The van der Waals surface area contributed by atoms with E-state index in [4.69, 9.17) is 0 Å². The predicted octanol–water partition coefficient (Wildman–Crippen LogP) is 3.37. The van der Waals surface area contributed by atoms with Crippen molar-refractivity contribution in [2.45, 2.75) is 0 Å². The summed E-state index contributed by atoms with van der Waals surface area (Å²) in [5.41, 5.74) is 8.02. The van der Waals surface area contributed by atoms with Crippen LogP contribution in [0, 0.1) is 0 Å². The van der Waals surface area contributed by atoms with Crippen molar-refractivity contribution in [2.24, 2.45) is 0 Å². The quantitative estimate of drug-likeness (QED) is 0.543. The van der Waals surface area contributed by atoms with E-state index in [0.717, 1.165) is 5.56 Å². The van der Waals surface area contributed by atoms with Gasteiger partial charge in [-0.25, -0.2) is 4.98 Å². The molecule has 2 aromatic heterocycles. The molecule has 0 saturated carbocycles. The SMILES string of the molecule is O=C(NNC(=O)c1cc(-c2ccncc2)nc2ccccc12)c1ccccc1. The number of hydrogen-bond donors (Lipinski definition) is 2. The van der Waals surface area contributed by atoms with Crippen LogP contribution in [-0.4, -0.2) is 21.8 Å². The van der Waals surface area contributed by atoms with Crippen LogP contribution in [-0.2, 0) is 0 Å². The third-order valence-electron chi connectivity index (χ3n) is 4.26. The van der Waals surface area contributed by atoms with E-state index in [9.17, 15) is 9.59 Å². The Morgan fingerprint density at radius 1 is 0.750 bits per heavy atom. The first-order valence-corrected chi connectivity index (χ1v) is 8.68. The van der Waals surface area contributed by atoms with Gasteiger partial charge in [0.15, 0.2) is 0 Å². The molecule has 0 aliphatic heterocycles. The number of nitrogens with zero attached hydrogens (tertiary/aromatic N) is 2. The molecular weight excluding hydrogens is 352 g/mol. The molecule has 0 aliphatic rings. The minimum atomic E-state index is -0.418. The minimum absolute atomic E-state index is 0.387. The molecule has 0 spiro atoms. The summed E-state index contributed by atoms with van der Waals surface area (Å²) in [4.78, 5) is 33.6. The highest BCUT2D eigenvalue weighted by Gasteiger charge is 2.15. The van der Waals surface area contributed by atoms with E-state index in [1.165, 1.54) is 0 Å². The Morgan fingerprint density at radius 3 is 2.21 bits per heavy atom. The van der Waals surface area contributed by atoms with Crippen LogP contribution in [0.5, 0.6) is 0 Å². The highest BCUT2D eigenvalue weighted by Crippen LogP contribution is 2.24. The van der Waals surface area contributed by atoms with Gasteiger partial charge in [-0.3, -0.25) is 25.4 Å². The normalized spacial score (nSPS) is 10.4. The Labute approximate surface area is 161 Å². The molecule has 0 bridgehead atoms. The van der Waals surface area contributed by atoms with Crippen molar-refractivity contribution in [3.05, 3.63) is 96.3 Å². The molecule has 2 N–H and O–H groups in total. The first-order valence-electron chi connectivity index (χ1n) is 8.68. The number of amides is 2. The van der Waals surface area contributed by atoms with Crippen molar-refractivity contribution in [1.82, 2.24) is 20.8 Å². The van der Waals surface area contributed by atoms with Gasteiger partial charge in [-0.15, -0.1) is 0 Å². The standard InChI is InChI=1S/C22H16N4O2/c27-21(16-6-2-1-3-7-16)25-26-22(28)18-14-20(15-10-12-23-13-11-15)24-19-9-5-4-8-17(18)19/h1-14H,(H,25,27)(H,26,28). The van der Waals surface area contributed by atoms with Gasteiger partial charge in [-0.1, -0.05) is 36.4 Å². The number of carbonyl (C=O) groups excluding carboxylic acids is 2. The predicted molar refractivity (Wildman–Crippen MR) is 106 cm³/mol. The number of hydrazine groups is 1. The lowest BCUT2D eigenvalue weighted by atomic mass is 10.0. The molecule has 0 fully saturated rings. The number of fused-ring (bicyclic) bond motifs is 1. The van der Waals surface area contributed by atoms with Gasteiger partial charge in [0, 0.05) is 28.9 Å². The van der Waals surface area contributed by atoms with Crippen molar-refractivity contribution in [3.8, 4) is 11.3 Å². The van der Waals surface area contributed by atoms with Gasteiger partial charge in [0.25, 0.3) is 11.8 Å². The number of para-hydroxylation sites is 1. The van der Waals surface area contributed by atoms with Crippen LogP contribution in [0.2, 0.25) is 0 Å². The van der Waals surface area contributed by atoms with Crippen LogP contribution in [0.15, 0.2) is 85.2 Å². The molecule has 4 aromatic rings. The fourth-order valence-electron chi connectivity index (χ4n) is 2.88. The molecule has 6 nitrogen and oxygen atoms in total. The zero-order chi connectivity index (χ0) is 19.3. The van der Waals surface area contributed by atoms with Crippen LogP contribution in [0.1, 0.15) is 20.7 Å². The number of benzene rings is 2. The number of aromatic nitrogens is 2. The first kappa shape index (κ1) is 17.4. The molecule has 6 heteroatoms. The van der Waals surface area contributed by atoms with E-state index in [1.54, 1.807) is 42.7 Å². The third-order valence-corrected chi connectivity index (χ3v) is 4.26. The largest absolute Gasteiger partial charge is 0.270 e. The summed E-state index contributed by atoms with van der Waals surface area (Å²) in [6, 6.07) is 21.4. The molecule has 0 saturated heterocycles. The second-order valence-electron chi connectivity index (χ2n) is 6.08. The average Bonchev–Trinajstić information content (AvgIpc) is 2.77. The zero-order valence-corrected chi connectivity index (χ0v) is 14.8. The maximum Gasteiger partial charge on any atom is 0.270 e. The monoisotopic (exact) mass is 368 g/mol. The summed E-state index contributed by atoms with van der Waals surface area (Å²) in [6.45, 7) is 0. The van der Waals surface area contributed by atoms with Gasteiger partial charge < -0.3 is 0 Å². The summed E-state index contributed by atoms with van der Waals surface area (Å²) in [5.74, 6) is -0.806. The van der Waals surface area contributed by atoms with Crippen molar-refractivity contribution < 1.29 is 9.59 Å². The van der Waals surface area contributed by atoms with Crippen LogP contribution >= 0.6 is 0 Å². The maximum absolute atomic E-state index is 12.8. The lowest BCUT2D eigenvalue weighted by Crippen LogP contribution is -2.41. The molecule has 136 valence electrons. The number of pyridine rings is 2. The van der Waals surface area contributed by atoms with Crippen LogP contribution in [0.25, 0.3) is 22.2 Å². The summed E-state index contributed by atoms with van der Waals surface area (Å²) >= 11 is 0. The molecule has 0 atom stereocenters. The zero-order valence-electron chi connectivity index (χ0n) is 14.8. The van der Waals surface area contributed by atoms with Gasteiger partial charge in [-0.2, -0.15) is 0 Å². The Kier molecular flexibility index (Phi) is 4.76. The van der Waals surface area contributed by atoms with Crippen LogP contribution in [0.3, 0.4) is 0 Å². The second-order valence-corrected chi connectivity index (χ2v) is 6.08. The number of hydrogen-bond acceptors (Lipinski definition) is 4. The Bertz CT molecular complexity index is 1150. The number of carbonyl (C=O) groups is 2. The van der Waals surface area contributed by atoms with Crippen molar-refractivity contribution in [1.29, 1.82) is 0 Å². The molecule has 2 amide bonds. The van der Waals surface area contributed by atoms with E-state index < -0.39 is 5.91 Å². The summed E-state index contributed by atoms with van der Waals surface area (Å²) < 4.78 is 0. The van der Waals surface area contributed by atoms with Gasteiger partial charge in [0.1, 0.15) is 0 Å². The smallest absolute Gasteiger partial charge is 0.267 e. The Balaban J connectivity index is 1.65. The molecule has 2 heterocycles. The lowest BCUT2D eigenvalue weighted by Gasteiger charge is -2.11. The molecule has 28 heavy (non-hydrogen) atoms. The minimum Gasteiger partial charge on any atom is -0.267 e. The Hall–Kier alpha value is -4.06.